The fourth-order valence-electron chi connectivity index (χ4n) is 6.13. The summed E-state index contributed by atoms with van der Waals surface area (Å²) in [5.41, 5.74) is 5.67. The molecular formula is C28H29BrN4O2. The Bertz CT molecular complexity index is 1370. The number of hydrogen-bond acceptors (Lipinski definition) is 5. The zero-order chi connectivity index (χ0) is 24.3. The second-order valence-corrected chi connectivity index (χ2v) is 11.3. The third-order valence-corrected chi connectivity index (χ3v) is 8.78. The smallest absolute Gasteiger partial charge is 0.195 e. The molecule has 7 heteroatoms. The predicted molar refractivity (Wildman–Crippen MR) is 140 cm³/mol. The van der Waals surface area contributed by atoms with E-state index in [1.807, 2.05) is 18.2 Å². The standard InChI is InChI=1S/C28H29BrN4O2/c1-28(2)21-15-24(33-9-7-32(8-10-33)18-5-11-35-12-6-18)22(29)14-20(21)26(34)25-19-4-3-17(16-30)13-23(19)31-27(25)28/h3-4,13-15,18,31H,5-12H2,1-2H3. The summed E-state index contributed by atoms with van der Waals surface area (Å²) in [6.45, 7) is 10.1. The fourth-order valence-corrected chi connectivity index (χ4v) is 6.72. The highest BCUT2D eigenvalue weighted by atomic mass is 79.9. The summed E-state index contributed by atoms with van der Waals surface area (Å²) in [6, 6.07) is 12.6. The normalized spacial score (nSPS) is 20.5. The maximum Gasteiger partial charge on any atom is 0.195 e. The van der Waals surface area contributed by atoms with E-state index >= 15 is 0 Å². The van der Waals surface area contributed by atoms with Gasteiger partial charge in [-0.3, -0.25) is 9.69 Å². The molecule has 0 saturated carbocycles. The number of benzene rings is 2. The number of ketones is 1. The number of anilines is 1. The van der Waals surface area contributed by atoms with Crippen molar-refractivity contribution in [3.05, 3.63) is 62.8 Å². The molecule has 3 heterocycles. The zero-order valence-corrected chi connectivity index (χ0v) is 21.7. The van der Waals surface area contributed by atoms with E-state index in [1.165, 1.54) is 0 Å². The molecule has 0 unspecified atom stereocenters. The topological polar surface area (TPSA) is 72.4 Å². The Hall–Kier alpha value is -2.66. The number of nitrogens with one attached hydrogen (secondary N) is 1. The van der Waals surface area contributed by atoms with Crippen LogP contribution in [0.4, 0.5) is 5.69 Å². The summed E-state index contributed by atoms with van der Waals surface area (Å²) in [4.78, 5) is 22.3. The SMILES string of the molecule is CC1(C)c2cc(N3CCN(C4CCOCC4)CC3)c(Br)cc2C(=O)c2c1[nH]c1cc(C#N)ccc21. The van der Waals surface area contributed by atoms with Gasteiger partial charge in [-0.2, -0.15) is 5.26 Å². The molecule has 6 nitrogen and oxygen atoms in total. The lowest BCUT2D eigenvalue weighted by Crippen LogP contribution is -2.51. The van der Waals surface area contributed by atoms with Gasteiger partial charge in [0.25, 0.3) is 0 Å². The highest BCUT2D eigenvalue weighted by Gasteiger charge is 2.40. The zero-order valence-electron chi connectivity index (χ0n) is 20.2. The van der Waals surface area contributed by atoms with Crippen LogP contribution in [0.15, 0.2) is 34.8 Å². The van der Waals surface area contributed by atoms with Crippen molar-refractivity contribution in [1.29, 1.82) is 5.26 Å². The molecule has 0 amide bonds. The van der Waals surface area contributed by atoms with Gasteiger partial charge in [-0.1, -0.05) is 19.9 Å². The summed E-state index contributed by atoms with van der Waals surface area (Å²) in [7, 11) is 0. The van der Waals surface area contributed by atoms with E-state index in [-0.39, 0.29) is 11.2 Å². The van der Waals surface area contributed by atoms with Crippen molar-refractivity contribution in [2.75, 3.05) is 44.3 Å². The molecule has 2 aromatic carbocycles. The first-order valence-corrected chi connectivity index (χ1v) is 13.2. The second kappa shape index (κ2) is 8.48. The Morgan fingerprint density at radius 1 is 1.11 bits per heavy atom. The van der Waals surface area contributed by atoms with Gasteiger partial charge in [0.1, 0.15) is 0 Å². The Morgan fingerprint density at radius 3 is 2.57 bits per heavy atom. The minimum absolute atomic E-state index is 0.0434. The van der Waals surface area contributed by atoms with Crippen LogP contribution < -0.4 is 4.90 Å². The molecule has 2 aliphatic heterocycles. The molecule has 1 aliphatic carbocycles. The van der Waals surface area contributed by atoms with Crippen molar-refractivity contribution < 1.29 is 9.53 Å². The van der Waals surface area contributed by atoms with Crippen molar-refractivity contribution in [3.8, 4) is 6.07 Å². The molecule has 3 aromatic rings. The third kappa shape index (κ3) is 3.62. The van der Waals surface area contributed by atoms with Crippen LogP contribution in [-0.2, 0) is 10.2 Å². The van der Waals surface area contributed by atoms with E-state index in [2.05, 4.69) is 56.7 Å². The number of hydrogen-bond donors (Lipinski definition) is 1. The van der Waals surface area contributed by atoms with Crippen molar-refractivity contribution in [3.63, 3.8) is 0 Å². The van der Waals surface area contributed by atoms with Crippen molar-refractivity contribution in [2.45, 2.75) is 38.1 Å². The van der Waals surface area contributed by atoms with E-state index in [1.54, 1.807) is 6.07 Å². The summed E-state index contributed by atoms with van der Waals surface area (Å²) in [6.07, 6.45) is 2.25. The number of aromatic nitrogens is 1. The maximum absolute atomic E-state index is 13.7. The lowest BCUT2D eigenvalue weighted by molar-refractivity contribution is 0.0321. The largest absolute Gasteiger partial charge is 0.381 e. The van der Waals surface area contributed by atoms with Gasteiger partial charge >= 0.3 is 0 Å². The molecule has 180 valence electrons. The van der Waals surface area contributed by atoms with Gasteiger partial charge in [-0.25, -0.2) is 0 Å². The number of piperazine rings is 1. The number of carbonyl (C=O) groups is 1. The quantitative estimate of drug-likeness (QED) is 0.504. The molecule has 0 radical (unpaired) electrons. The molecule has 0 spiro atoms. The Morgan fingerprint density at radius 2 is 1.86 bits per heavy atom. The summed E-state index contributed by atoms with van der Waals surface area (Å²) in [5, 5.41) is 10.2. The van der Waals surface area contributed by atoms with Gasteiger partial charge in [-0.15, -0.1) is 0 Å². The van der Waals surface area contributed by atoms with E-state index in [0.717, 1.165) is 95.7 Å². The summed E-state index contributed by atoms with van der Waals surface area (Å²) in [5.74, 6) is 0.0434. The molecule has 6 rings (SSSR count). The van der Waals surface area contributed by atoms with Crippen LogP contribution in [0.2, 0.25) is 0 Å². The number of ether oxygens (including phenoxy) is 1. The number of H-pyrrole nitrogens is 1. The average molecular weight is 533 g/mol. The highest BCUT2D eigenvalue weighted by molar-refractivity contribution is 9.10. The van der Waals surface area contributed by atoms with Crippen LogP contribution in [0.1, 0.15) is 59.4 Å². The van der Waals surface area contributed by atoms with Crippen LogP contribution in [0.5, 0.6) is 0 Å². The van der Waals surface area contributed by atoms with Gasteiger partial charge in [0.2, 0.25) is 0 Å². The monoisotopic (exact) mass is 532 g/mol. The predicted octanol–water partition coefficient (Wildman–Crippen LogP) is 4.97. The van der Waals surface area contributed by atoms with Gasteiger partial charge in [-0.05, 0) is 58.6 Å². The minimum atomic E-state index is -0.371. The second-order valence-electron chi connectivity index (χ2n) is 10.4. The maximum atomic E-state index is 13.7. The van der Waals surface area contributed by atoms with Crippen LogP contribution in [0.3, 0.4) is 0 Å². The number of aromatic amines is 1. The minimum Gasteiger partial charge on any atom is -0.381 e. The first-order chi connectivity index (χ1) is 16.9. The number of carbonyl (C=O) groups excluding carboxylic acids is 1. The fraction of sp³-hybridized carbons (Fsp3) is 0.429. The van der Waals surface area contributed by atoms with E-state index in [9.17, 15) is 10.1 Å². The lowest BCUT2D eigenvalue weighted by atomic mass is 9.71. The summed E-state index contributed by atoms with van der Waals surface area (Å²) >= 11 is 3.80. The molecule has 0 atom stereocenters. The number of nitrogens with zero attached hydrogens (tertiary/aromatic N) is 3. The van der Waals surface area contributed by atoms with E-state index in [4.69, 9.17) is 4.74 Å². The molecule has 1 N–H and O–H groups in total. The molecule has 0 bridgehead atoms. The molecule has 1 aromatic heterocycles. The van der Waals surface area contributed by atoms with Crippen molar-refractivity contribution in [1.82, 2.24) is 9.88 Å². The number of rotatable bonds is 2. The van der Waals surface area contributed by atoms with Gasteiger partial charge < -0.3 is 14.6 Å². The molecular weight excluding hydrogens is 504 g/mol. The number of nitriles is 1. The Kier molecular flexibility index (Phi) is 5.52. The van der Waals surface area contributed by atoms with Crippen molar-refractivity contribution >= 4 is 38.3 Å². The van der Waals surface area contributed by atoms with Gasteiger partial charge in [0.05, 0.1) is 22.9 Å². The Balaban J connectivity index is 1.35. The van der Waals surface area contributed by atoms with Crippen LogP contribution in [0.25, 0.3) is 10.9 Å². The molecule has 2 saturated heterocycles. The number of halogens is 1. The molecule has 3 aliphatic rings. The lowest BCUT2D eigenvalue weighted by Gasteiger charge is -2.42. The van der Waals surface area contributed by atoms with Crippen LogP contribution >= 0.6 is 15.9 Å². The van der Waals surface area contributed by atoms with Gasteiger partial charge in [0, 0.05) is 77.5 Å². The number of fused-ring (bicyclic) bond motifs is 4. The first-order valence-electron chi connectivity index (χ1n) is 12.4. The van der Waals surface area contributed by atoms with Gasteiger partial charge in [0.15, 0.2) is 5.78 Å². The summed E-state index contributed by atoms with van der Waals surface area (Å²) < 4.78 is 6.51. The highest BCUT2D eigenvalue weighted by Crippen LogP contribution is 2.46. The van der Waals surface area contributed by atoms with E-state index < -0.39 is 0 Å². The molecule has 35 heavy (non-hydrogen) atoms. The molecule has 2 fully saturated rings. The van der Waals surface area contributed by atoms with Crippen LogP contribution in [0, 0.1) is 11.3 Å². The Labute approximate surface area is 214 Å². The van der Waals surface area contributed by atoms with Crippen LogP contribution in [-0.4, -0.2) is 61.1 Å². The van der Waals surface area contributed by atoms with E-state index in [0.29, 0.717) is 11.6 Å². The average Bonchev–Trinajstić information content (AvgIpc) is 3.28. The van der Waals surface area contributed by atoms with Crippen molar-refractivity contribution in [2.24, 2.45) is 0 Å². The first kappa shape index (κ1) is 22.8. The third-order valence-electron chi connectivity index (χ3n) is 8.15.